The van der Waals surface area contributed by atoms with Crippen molar-refractivity contribution in [1.82, 2.24) is 15.2 Å². The van der Waals surface area contributed by atoms with Crippen LogP contribution in [0.3, 0.4) is 0 Å². The maximum Gasteiger partial charge on any atom is 0.0738 e. The second-order valence-electron chi connectivity index (χ2n) is 9.75. The van der Waals surface area contributed by atoms with E-state index in [2.05, 4.69) is 66.6 Å². The SMILES string of the molecule is CC(C)(C)NCCCNc1c(-c2ccc(CN3CCOCC3)cc2)cnc2cc(Cl)ccc12. The van der Waals surface area contributed by atoms with E-state index in [1.54, 1.807) is 0 Å². The molecule has 33 heavy (non-hydrogen) atoms. The van der Waals surface area contributed by atoms with E-state index in [0.717, 1.165) is 74.5 Å². The molecule has 5 nitrogen and oxygen atoms in total. The van der Waals surface area contributed by atoms with Gasteiger partial charge in [0.15, 0.2) is 0 Å². The minimum Gasteiger partial charge on any atom is -0.384 e. The smallest absolute Gasteiger partial charge is 0.0738 e. The van der Waals surface area contributed by atoms with Crippen molar-refractivity contribution in [2.75, 3.05) is 44.7 Å². The molecular weight excluding hydrogens is 432 g/mol. The second kappa shape index (κ2) is 10.8. The molecule has 3 aromatic rings. The minimum absolute atomic E-state index is 0.133. The summed E-state index contributed by atoms with van der Waals surface area (Å²) in [7, 11) is 0. The number of fused-ring (bicyclic) bond motifs is 1. The van der Waals surface area contributed by atoms with E-state index in [1.807, 2.05) is 18.3 Å². The monoisotopic (exact) mass is 466 g/mol. The molecule has 0 unspecified atom stereocenters. The molecule has 0 spiro atoms. The van der Waals surface area contributed by atoms with Crippen molar-refractivity contribution in [1.29, 1.82) is 0 Å². The Balaban J connectivity index is 1.54. The van der Waals surface area contributed by atoms with Crippen LogP contribution in [0.25, 0.3) is 22.0 Å². The molecule has 0 radical (unpaired) electrons. The highest BCUT2D eigenvalue weighted by atomic mass is 35.5. The highest BCUT2D eigenvalue weighted by molar-refractivity contribution is 6.31. The van der Waals surface area contributed by atoms with Crippen molar-refractivity contribution < 1.29 is 4.74 Å². The Morgan fingerprint density at radius 2 is 1.79 bits per heavy atom. The number of rotatable bonds is 8. The molecule has 1 aromatic heterocycles. The van der Waals surface area contributed by atoms with Crippen LogP contribution in [-0.4, -0.2) is 54.8 Å². The zero-order chi connectivity index (χ0) is 23.3. The molecule has 0 amide bonds. The number of pyridine rings is 1. The number of halogens is 1. The minimum atomic E-state index is 0.133. The Kier molecular flexibility index (Phi) is 7.86. The first-order valence-electron chi connectivity index (χ1n) is 11.9. The average molecular weight is 467 g/mol. The first kappa shape index (κ1) is 24.0. The van der Waals surface area contributed by atoms with E-state index in [1.165, 1.54) is 11.1 Å². The Labute approximate surface area is 202 Å². The van der Waals surface area contributed by atoms with Gasteiger partial charge in [-0.3, -0.25) is 9.88 Å². The standard InChI is InChI=1S/C27H35ClN4O/c1-27(2,3)31-12-4-11-29-26-23-10-9-22(28)17-25(23)30-18-24(26)21-7-5-20(6-8-21)19-32-13-15-33-16-14-32/h5-10,17-18,31H,4,11-16,19H2,1-3H3,(H,29,30). The van der Waals surface area contributed by atoms with E-state index < -0.39 is 0 Å². The summed E-state index contributed by atoms with van der Waals surface area (Å²) in [4.78, 5) is 7.16. The van der Waals surface area contributed by atoms with Gasteiger partial charge in [-0.05, 0) is 63.1 Å². The van der Waals surface area contributed by atoms with Crippen LogP contribution in [0.5, 0.6) is 0 Å². The van der Waals surface area contributed by atoms with Crippen LogP contribution in [0.15, 0.2) is 48.7 Å². The summed E-state index contributed by atoms with van der Waals surface area (Å²) in [6.07, 6.45) is 3.00. The number of anilines is 1. The number of aromatic nitrogens is 1. The third kappa shape index (κ3) is 6.67. The molecule has 0 atom stereocenters. The largest absolute Gasteiger partial charge is 0.384 e. The van der Waals surface area contributed by atoms with Crippen LogP contribution in [0.1, 0.15) is 32.8 Å². The first-order valence-corrected chi connectivity index (χ1v) is 12.2. The molecule has 1 aliphatic heterocycles. The molecule has 6 heteroatoms. The lowest BCUT2D eigenvalue weighted by Crippen LogP contribution is -2.36. The van der Waals surface area contributed by atoms with Crippen LogP contribution in [0, 0.1) is 0 Å². The molecule has 0 bridgehead atoms. The third-order valence-electron chi connectivity index (χ3n) is 5.92. The van der Waals surface area contributed by atoms with Crippen molar-refractivity contribution in [2.24, 2.45) is 0 Å². The maximum absolute atomic E-state index is 6.23. The van der Waals surface area contributed by atoms with Gasteiger partial charge in [0.2, 0.25) is 0 Å². The molecule has 2 heterocycles. The van der Waals surface area contributed by atoms with Crippen molar-refractivity contribution in [3.8, 4) is 11.1 Å². The number of nitrogens with zero attached hydrogens (tertiary/aromatic N) is 2. The van der Waals surface area contributed by atoms with Gasteiger partial charge in [0, 0.05) is 53.9 Å². The molecule has 2 aromatic carbocycles. The highest BCUT2D eigenvalue weighted by Gasteiger charge is 2.14. The maximum atomic E-state index is 6.23. The molecule has 1 aliphatic rings. The Bertz CT molecular complexity index is 1060. The molecule has 0 saturated carbocycles. The fraction of sp³-hybridized carbons (Fsp3) is 0.444. The number of hydrogen-bond acceptors (Lipinski definition) is 5. The quantitative estimate of drug-likeness (QED) is 0.424. The Morgan fingerprint density at radius 1 is 1.03 bits per heavy atom. The number of morpholine rings is 1. The van der Waals surface area contributed by atoms with E-state index in [9.17, 15) is 0 Å². The fourth-order valence-electron chi connectivity index (χ4n) is 4.15. The van der Waals surface area contributed by atoms with Crippen LogP contribution < -0.4 is 10.6 Å². The summed E-state index contributed by atoms with van der Waals surface area (Å²) in [6.45, 7) is 13.0. The van der Waals surface area contributed by atoms with Gasteiger partial charge in [0.05, 0.1) is 24.4 Å². The Hall–Kier alpha value is -2.18. The van der Waals surface area contributed by atoms with E-state index in [4.69, 9.17) is 21.3 Å². The summed E-state index contributed by atoms with van der Waals surface area (Å²) >= 11 is 6.23. The lowest BCUT2D eigenvalue weighted by molar-refractivity contribution is 0.0342. The zero-order valence-electron chi connectivity index (χ0n) is 20.0. The predicted molar refractivity (Wildman–Crippen MR) is 139 cm³/mol. The van der Waals surface area contributed by atoms with Gasteiger partial charge in [-0.15, -0.1) is 0 Å². The van der Waals surface area contributed by atoms with Gasteiger partial charge < -0.3 is 15.4 Å². The molecule has 1 fully saturated rings. The van der Waals surface area contributed by atoms with Crippen LogP contribution >= 0.6 is 11.6 Å². The van der Waals surface area contributed by atoms with Gasteiger partial charge in [-0.1, -0.05) is 35.9 Å². The normalized spacial score (nSPS) is 15.2. The summed E-state index contributed by atoms with van der Waals surface area (Å²) in [6, 6.07) is 14.8. The van der Waals surface area contributed by atoms with Crippen LogP contribution in [0.4, 0.5) is 5.69 Å². The van der Waals surface area contributed by atoms with Gasteiger partial charge in [0.1, 0.15) is 0 Å². The third-order valence-corrected chi connectivity index (χ3v) is 6.15. The molecule has 4 rings (SSSR count). The summed E-state index contributed by atoms with van der Waals surface area (Å²) in [5.74, 6) is 0. The lowest BCUT2D eigenvalue weighted by Gasteiger charge is -2.26. The van der Waals surface area contributed by atoms with Gasteiger partial charge in [0.25, 0.3) is 0 Å². The van der Waals surface area contributed by atoms with Crippen molar-refractivity contribution >= 4 is 28.2 Å². The summed E-state index contributed by atoms with van der Waals surface area (Å²) in [5.41, 5.74) is 5.77. The molecule has 0 aliphatic carbocycles. The fourth-order valence-corrected chi connectivity index (χ4v) is 4.31. The first-order chi connectivity index (χ1) is 15.9. The molecule has 176 valence electrons. The number of hydrogen-bond donors (Lipinski definition) is 2. The van der Waals surface area contributed by atoms with Gasteiger partial charge in [-0.2, -0.15) is 0 Å². The molecule has 1 saturated heterocycles. The number of benzene rings is 2. The summed E-state index contributed by atoms with van der Waals surface area (Å²) in [5, 5.41) is 9.05. The van der Waals surface area contributed by atoms with Crippen LogP contribution in [-0.2, 0) is 11.3 Å². The van der Waals surface area contributed by atoms with Crippen LogP contribution in [0.2, 0.25) is 5.02 Å². The van der Waals surface area contributed by atoms with Crippen molar-refractivity contribution in [3.63, 3.8) is 0 Å². The Morgan fingerprint density at radius 3 is 2.52 bits per heavy atom. The second-order valence-corrected chi connectivity index (χ2v) is 10.2. The van der Waals surface area contributed by atoms with E-state index in [-0.39, 0.29) is 5.54 Å². The summed E-state index contributed by atoms with van der Waals surface area (Å²) < 4.78 is 5.47. The number of nitrogens with one attached hydrogen (secondary N) is 2. The average Bonchev–Trinajstić information content (AvgIpc) is 2.79. The molecule has 2 N–H and O–H groups in total. The van der Waals surface area contributed by atoms with Crippen molar-refractivity contribution in [2.45, 2.75) is 39.3 Å². The zero-order valence-corrected chi connectivity index (χ0v) is 20.7. The van der Waals surface area contributed by atoms with Crippen molar-refractivity contribution in [3.05, 3.63) is 59.2 Å². The predicted octanol–water partition coefficient (Wildman–Crippen LogP) is 5.58. The van der Waals surface area contributed by atoms with Gasteiger partial charge in [-0.25, -0.2) is 0 Å². The van der Waals surface area contributed by atoms with Gasteiger partial charge >= 0.3 is 0 Å². The lowest BCUT2D eigenvalue weighted by atomic mass is 10.0. The number of ether oxygens (including phenoxy) is 1. The molecular formula is C27H35ClN4O. The van der Waals surface area contributed by atoms with E-state index >= 15 is 0 Å². The van der Waals surface area contributed by atoms with E-state index in [0.29, 0.717) is 5.02 Å². The topological polar surface area (TPSA) is 49.4 Å². The highest BCUT2D eigenvalue weighted by Crippen LogP contribution is 2.34.